The summed E-state index contributed by atoms with van der Waals surface area (Å²) in [6.45, 7) is 5.87. The second kappa shape index (κ2) is 9.22. The van der Waals surface area contributed by atoms with Crippen molar-refractivity contribution >= 4 is 0 Å². The van der Waals surface area contributed by atoms with E-state index in [0.717, 1.165) is 19.3 Å². The molecule has 0 fully saturated rings. The average Bonchev–Trinajstić information content (AvgIpc) is 2.03. The third-order valence-corrected chi connectivity index (χ3v) is 1.21. The van der Waals surface area contributed by atoms with E-state index < -0.39 is 0 Å². The molecule has 0 atom stereocenters. The second-order valence-corrected chi connectivity index (χ2v) is 2.29. The van der Waals surface area contributed by atoms with E-state index in [9.17, 15) is 0 Å². The van der Waals surface area contributed by atoms with Crippen molar-refractivity contribution in [1.82, 2.24) is 0 Å². The van der Waals surface area contributed by atoms with Gasteiger partial charge < -0.3 is 0 Å². The Kier molecular flexibility index (Phi) is 8.57. The van der Waals surface area contributed by atoms with Crippen LogP contribution < -0.4 is 0 Å². The molecule has 0 nitrogen and oxygen atoms in total. The van der Waals surface area contributed by atoms with Gasteiger partial charge in [-0.2, -0.15) is 0 Å². The number of hydrogen-bond donors (Lipinski definition) is 0. The van der Waals surface area contributed by atoms with Gasteiger partial charge in [0.15, 0.2) is 0 Å². The highest BCUT2D eigenvalue weighted by Gasteiger charge is 1.68. The van der Waals surface area contributed by atoms with Crippen LogP contribution in [0.1, 0.15) is 26.2 Å². The van der Waals surface area contributed by atoms with Crippen LogP contribution in [-0.2, 0) is 0 Å². The predicted molar refractivity (Wildman–Crippen MR) is 52.3 cm³/mol. The number of hydrogen-bond acceptors (Lipinski definition) is 0. The van der Waals surface area contributed by atoms with Gasteiger partial charge in [-0.25, -0.2) is 0 Å². The zero-order valence-electron chi connectivity index (χ0n) is 7.29. The second-order valence-electron chi connectivity index (χ2n) is 2.29. The summed E-state index contributed by atoms with van der Waals surface area (Å²) >= 11 is 0. The van der Waals surface area contributed by atoms with Crippen molar-refractivity contribution in [2.75, 3.05) is 0 Å². The maximum Gasteiger partial charge on any atom is -0.0348 e. The van der Waals surface area contributed by atoms with Crippen molar-refractivity contribution in [2.24, 2.45) is 0 Å². The molecule has 0 unspecified atom stereocenters. The lowest BCUT2D eigenvalue weighted by atomic mass is 10.3. The fraction of sp³-hybridized carbons (Fsp3) is 0.364. The van der Waals surface area contributed by atoms with E-state index in [2.05, 4.69) is 38.2 Å². The molecular formula is C11H17. The van der Waals surface area contributed by atoms with Gasteiger partial charge in [-0.1, -0.05) is 50.3 Å². The van der Waals surface area contributed by atoms with Crippen LogP contribution in [0.2, 0.25) is 0 Å². The van der Waals surface area contributed by atoms with Crippen LogP contribution in [0, 0.1) is 6.92 Å². The molecule has 0 aliphatic rings. The van der Waals surface area contributed by atoms with Crippen LogP contribution in [0.15, 0.2) is 36.5 Å². The quantitative estimate of drug-likeness (QED) is 0.523. The summed E-state index contributed by atoms with van der Waals surface area (Å²) < 4.78 is 0. The van der Waals surface area contributed by atoms with Gasteiger partial charge in [-0.05, 0) is 19.3 Å². The van der Waals surface area contributed by atoms with Gasteiger partial charge in [-0.3, -0.25) is 0 Å². The van der Waals surface area contributed by atoms with Crippen molar-refractivity contribution in [2.45, 2.75) is 26.2 Å². The Hall–Kier alpha value is -0.780. The first-order valence-electron chi connectivity index (χ1n) is 4.19. The average molecular weight is 149 g/mol. The van der Waals surface area contributed by atoms with Gasteiger partial charge in [-0.15, -0.1) is 0 Å². The van der Waals surface area contributed by atoms with Crippen molar-refractivity contribution in [3.8, 4) is 0 Å². The maximum absolute atomic E-state index is 3.74. The molecule has 11 heavy (non-hydrogen) atoms. The SMILES string of the molecule is [CH2]CC/C=C/C=C/C=C/CC. The minimum atomic E-state index is 0.981. The Balaban J connectivity index is 3.35. The molecule has 0 aromatic heterocycles. The third-order valence-electron chi connectivity index (χ3n) is 1.21. The van der Waals surface area contributed by atoms with E-state index >= 15 is 0 Å². The van der Waals surface area contributed by atoms with E-state index in [4.69, 9.17) is 0 Å². The van der Waals surface area contributed by atoms with Gasteiger partial charge in [0.25, 0.3) is 0 Å². The molecule has 0 bridgehead atoms. The molecule has 0 rings (SSSR count). The zero-order valence-corrected chi connectivity index (χ0v) is 7.29. The molecule has 0 spiro atoms. The molecule has 61 valence electrons. The molecule has 0 aliphatic heterocycles. The van der Waals surface area contributed by atoms with Crippen molar-refractivity contribution in [1.29, 1.82) is 0 Å². The Morgan fingerprint density at radius 2 is 1.64 bits per heavy atom. The molecule has 0 saturated heterocycles. The summed E-state index contributed by atoms with van der Waals surface area (Å²) in [4.78, 5) is 0. The first-order valence-corrected chi connectivity index (χ1v) is 4.19. The van der Waals surface area contributed by atoms with Crippen LogP contribution in [0.3, 0.4) is 0 Å². The minimum absolute atomic E-state index is 0.981. The third kappa shape index (κ3) is 9.22. The molecule has 0 heterocycles. The fourth-order valence-electron chi connectivity index (χ4n) is 0.636. The lowest BCUT2D eigenvalue weighted by molar-refractivity contribution is 1.05. The van der Waals surface area contributed by atoms with E-state index in [-0.39, 0.29) is 0 Å². The predicted octanol–water partition coefficient (Wildman–Crippen LogP) is 3.68. The summed E-state index contributed by atoms with van der Waals surface area (Å²) in [6, 6.07) is 0. The Bertz CT molecular complexity index is 138. The van der Waals surface area contributed by atoms with Crippen LogP contribution in [0.5, 0.6) is 0 Å². The van der Waals surface area contributed by atoms with Crippen molar-refractivity contribution < 1.29 is 0 Å². The number of unbranched alkanes of at least 4 members (excludes halogenated alkanes) is 1. The minimum Gasteiger partial charge on any atom is -0.0848 e. The van der Waals surface area contributed by atoms with Crippen LogP contribution in [0.4, 0.5) is 0 Å². The maximum atomic E-state index is 3.74. The zero-order chi connectivity index (χ0) is 8.36. The summed E-state index contributed by atoms with van der Waals surface area (Å²) in [5, 5.41) is 0. The van der Waals surface area contributed by atoms with Crippen LogP contribution >= 0.6 is 0 Å². The molecule has 0 aromatic carbocycles. The molecule has 0 amide bonds. The largest absolute Gasteiger partial charge is 0.0848 e. The highest BCUT2D eigenvalue weighted by Crippen LogP contribution is 1.89. The van der Waals surface area contributed by atoms with E-state index in [1.165, 1.54) is 0 Å². The normalized spacial score (nSPS) is 12.5. The highest BCUT2D eigenvalue weighted by atomic mass is 13.7. The molecule has 0 aromatic rings. The van der Waals surface area contributed by atoms with E-state index in [0.29, 0.717) is 0 Å². The summed E-state index contributed by atoms with van der Waals surface area (Å²) in [7, 11) is 0. The lowest BCUT2D eigenvalue weighted by Gasteiger charge is -1.79. The fourth-order valence-corrected chi connectivity index (χ4v) is 0.636. The van der Waals surface area contributed by atoms with Crippen molar-refractivity contribution in [3.05, 3.63) is 43.4 Å². The molecule has 0 saturated carbocycles. The van der Waals surface area contributed by atoms with Gasteiger partial charge in [0.05, 0.1) is 0 Å². The smallest absolute Gasteiger partial charge is 0.0348 e. The first-order chi connectivity index (χ1) is 5.41. The Morgan fingerprint density at radius 1 is 1.00 bits per heavy atom. The van der Waals surface area contributed by atoms with Gasteiger partial charge in [0.1, 0.15) is 0 Å². The topological polar surface area (TPSA) is 0 Å². The molecular weight excluding hydrogens is 132 g/mol. The summed E-state index contributed by atoms with van der Waals surface area (Å²) in [5.41, 5.74) is 0. The number of allylic oxidation sites excluding steroid dienone is 6. The summed E-state index contributed by atoms with van der Waals surface area (Å²) in [6.07, 6.45) is 15.6. The lowest BCUT2D eigenvalue weighted by Crippen LogP contribution is -1.59. The first kappa shape index (κ1) is 10.2. The monoisotopic (exact) mass is 149 g/mol. The van der Waals surface area contributed by atoms with E-state index in [1.807, 2.05) is 12.2 Å². The van der Waals surface area contributed by atoms with Crippen LogP contribution in [-0.4, -0.2) is 0 Å². The summed E-state index contributed by atoms with van der Waals surface area (Å²) in [5.74, 6) is 0. The molecule has 0 aliphatic carbocycles. The standard InChI is InChI=1S/C11H17/c1-3-5-7-9-11-10-8-6-4-2/h6-11H,1,3-5H2,2H3/b8-6+,9-7+,11-10+. The van der Waals surface area contributed by atoms with Gasteiger partial charge in [0, 0.05) is 0 Å². The van der Waals surface area contributed by atoms with E-state index in [1.54, 1.807) is 0 Å². The van der Waals surface area contributed by atoms with Crippen LogP contribution in [0.25, 0.3) is 0 Å². The Labute approximate surface area is 70.3 Å². The molecule has 0 heteroatoms. The molecule has 0 N–H and O–H groups in total. The Morgan fingerprint density at radius 3 is 2.18 bits per heavy atom. The highest BCUT2D eigenvalue weighted by molar-refractivity contribution is 5.10. The molecule has 1 radical (unpaired) electrons. The van der Waals surface area contributed by atoms with Crippen molar-refractivity contribution in [3.63, 3.8) is 0 Å². The number of rotatable bonds is 5. The van der Waals surface area contributed by atoms with Gasteiger partial charge in [0.2, 0.25) is 0 Å². The van der Waals surface area contributed by atoms with Gasteiger partial charge >= 0.3 is 0 Å².